The number of ether oxygens (including phenoxy) is 1. The number of hydrogen-bond acceptors (Lipinski definition) is 2. The van der Waals surface area contributed by atoms with E-state index in [1.54, 1.807) is 7.11 Å². The Labute approximate surface area is 70.6 Å². The number of para-hydroxylation sites is 2. The van der Waals surface area contributed by atoms with Crippen molar-refractivity contribution in [3.63, 3.8) is 0 Å². The largest absolute Gasteiger partial charge is 0.468 e. The van der Waals surface area contributed by atoms with Crippen molar-refractivity contribution >= 4 is 11.0 Å². The molecule has 0 spiro atoms. The van der Waals surface area contributed by atoms with Gasteiger partial charge < -0.3 is 4.74 Å². The van der Waals surface area contributed by atoms with Crippen molar-refractivity contribution in [3.8, 4) is 6.01 Å². The van der Waals surface area contributed by atoms with E-state index in [1.807, 2.05) is 35.9 Å². The molecule has 0 saturated heterocycles. The standard InChI is InChI=1S/C9H10N2O/c1-11-8-6-4-3-5-7(8)10-9(11)12-2/h3-6H,1-2H3. The van der Waals surface area contributed by atoms with Crippen LogP contribution in [0, 0.1) is 0 Å². The highest BCUT2D eigenvalue weighted by molar-refractivity contribution is 5.76. The fraction of sp³-hybridized carbons (Fsp3) is 0.222. The lowest BCUT2D eigenvalue weighted by Crippen LogP contribution is -1.93. The fourth-order valence-corrected chi connectivity index (χ4v) is 1.31. The van der Waals surface area contributed by atoms with Crippen molar-refractivity contribution in [1.82, 2.24) is 9.55 Å². The summed E-state index contributed by atoms with van der Waals surface area (Å²) in [6.07, 6.45) is 0. The number of hydrogen-bond donors (Lipinski definition) is 0. The number of nitrogens with zero attached hydrogens (tertiary/aromatic N) is 2. The lowest BCUT2D eigenvalue weighted by Gasteiger charge is -1.97. The summed E-state index contributed by atoms with van der Waals surface area (Å²) in [6, 6.07) is 8.59. The maximum atomic E-state index is 5.08. The zero-order valence-corrected chi connectivity index (χ0v) is 7.11. The molecule has 3 nitrogen and oxygen atoms in total. The second-order valence-electron chi connectivity index (χ2n) is 2.65. The maximum absolute atomic E-state index is 5.08. The van der Waals surface area contributed by atoms with Gasteiger partial charge in [0, 0.05) is 7.05 Å². The van der Waals surface area contributed by atoms with Gasteiger partial charge in [-0.1, -0.05) is 12.1 Å². The van der Waals surface area contributed by atoms with Crippen molar-refractivity contribution in [2.45, 2.75) is 0 Å². The molecule has 0 radical (unpaired) electrons. The Balaban J connectivity index is 2.78. The lowest BCUT2D eigenvalue weighted by atomic mass is 10.3. The van der Waals surface area contributed by atoms with Crippen LogP contribution in [-0.4, -0.2) is 16.7 Å². The molecule has 0 amide bonds. The number of imidazole rings is 1. The number of fused-ring (bicyclic) bond motifs is 1. The first-order valence-electron chi connectivity index (χ1n) is 3.78. The topological polar surface area (TPSA) is 27.1 Å². The second kappa shape index (κ2) is 2.52. The van der Waals surface area contributed by atoms with E-state index in [1.165, 1.54) is 0 Å². The molecule has 1 aromatic heterocycles. The van der Waals surface area contributed by atoms with E-state index >= 15 is 0 Å². The monoisotopic (exact) mass is 162 g/mol. The third kappa shape index (κ3) is 0.863. The Morgan fingerprint density at radius 3 is 2.75 bits per heavy atom. The van der Waals surface area contributed by atoms with Gasteiger partial charge in [0.1, 0.15) is 0 Å². The van der Waals surface area contributed by atoms with Crippen LogP contribution in [0.3, 0.4) is 0 Å². The van der Waals surface area contributed by atoms with Crippen molar-refractivity contribution in [2.24, 2.45) is 7.05 Å². The van der Waals surface area contributed by atoms with E-state index < -0.39 is 0 Å². The highest BCUT2D eigenvalue weighted by Crippen LogP contribution is 2.18. The third-order valence-electron chi connectivity index (χ3n) is 1.93. The van der Waals surface area contributed by atoms with Crippen LogP contribution in [0.25, 0.3) is 11.0 Å². The van der Waals surface area contributed by atoms with Gasteiger partial charge in [0.05, 0.1) is 18.1 Å². The van der Waals surface area contributed by atoms with Crippen LogP contribution in [0.1, 0.15) is 0 Å². The smallest absolute Gasteiger partial charge is 0.296 e. The molecule has 12 heavy (non-hydrogen) atoms. The molecule has 0 unspecified atom stereocenters. The van der Waals surface area contributed by atoms with Crippen LogP contribution in [0.5, 0.6) is 6.01 Å². The zero-order chi connectivity index (χ0) is 8.55. The lowest BCUT2D eigenvalue weighted by molar-refractivity contribution is 0.368. The van der Waals surface area contributed by atoms with E-state index in [-0.39, 0.29) is 0 Å². The van der Waals surface area contributed by atoms with E-state index in [4.69, 9.17) is 4.74 Å². The van der Waals surface area contributed by atoms with Gasteiger partial charge in [0.15, 0.2) is 0 Å². The fourth-order valence-electron chi connectivity index (χ4n) is 1.31. The van der Waals surface area contributed by atoms with Gasteiger partial charge in [-0.25, -0.2) is 0 Å². The molecule has 0 aliphatic rings. The van der Waals surface area contributed by atoms with Gasteiger partial charge in [0.2, 0.25) is 0 Å². The Hall–Kier alpha value is -1.51. The highest BCUT2D eigenvalue weighted by atomic mass is 16.5. The number of benzene rings is 1. The summed E-state index contributed by atoms with van der Waals surface area (Å²) >= 11 is 0. The summed E-state index contributed by atoms with van der Waals surface area (Å²) in [6.45, 7) is 0. The molecule has 2 rings (SSSR count). The van der Waals surface area contributed by atoms with E-state index in [9.17, 15) is 0 Å². The van der Waals surface area contributed by atoms with Gasteiger partial charge in [-0.15, -0.1) is 0 Å². The van der Waals surface area contributed by atoms with Crippen LogP contribution in [0.4, 0.5) is 0 Å². The zero-order valence-electron chi connectivity index (χ0n) is 7.11. The molecule has 2 aromatic rings. The van der Waals surface area contributed by atoms with Gasteiger partial charge in [-0.2, -0.15) is 4.98 Å². The molecule has 62 valence electrons. The first-order valence-corrected chi connectivity index (χ1v) is 3.78. The van der Waals surface area contributed by atoms with Crippen LogP contribution >= 0.6 is 0 Å². The molecule has 3 heteroatoms. The summed E-state index contributed by atoms with van der Waals surface area (Å²) in [5, 5.41) is 0. The SMILES string of the molecule is COc1nc2ccccc2n1C. The Morgan fingerprint density at radius 2 is 2.08 bits per heavy atom. The van der Waals surface area contributed by atoms with Gasteiger partial charge in [-0.05, 0) is 12.1 Å². The Bertz CT molecular complexity index is 406. The first-order chi connectivity index (χ1) is 5.83. The van der Waals surface area contributed by atoms with Crippen LogP contribution in [0.15, 0.2) is 24.3 Å². The van der Waals surface area contributed by atoms with Crippen LogP contribution in [0.2, 0.25) is 0 Å². The number of aromatic nitrogens is 2. The number of aryl methyl sites for hydroxylation is 1. The highest BCUT2D eigenvalue weighted by Gasteiger charge is 2.04. The van der Waals surface area contributed by atoms with Gasteiger partial charge >= 0.3 is 0 Å². The summed E-state index contributed by atoms with van der Waals surface area (Å²) in [7, 11) is 3.56. The Morgan fingerprint density at radius 1 is 1.33 bits per heavy atom. The number of rotatable bonds is 1. The van der Waals surface area contributed by atoms with E-state index in [2.05, 4.69) is 4.98 Å². The normalized spacial score (nSPS) is 10.5. The van der Waals surface area contributed by atoms with Gasteiger partial charge in [-0.3, -0.25) is 4.57 Å². The summed E-state index contributed by atoms with van der Waals surface area (Å²) in [4.78, 5) is 4.27. The number of methoxy groups -OCH3 is 1. The summed E-state index contributed by atoms with van der Waals surface area (Å²) in [5.74, 6) is 0. The second-order valence-corrected chi connectivity index (χ2v) is 2.65. The molecule has 0 aliphatic heterocycles. The molecule has 0 aliphatic carbocycles. The molecule has 0 fully saturated rings. The predicted molar refractivity (Wildman–Crippen MR) is 47.3 cm³/mol. The average Bonchev–Trinajstić information content (AvgIpc) is 2.44. The molecule has 0 saturated carbocycles. The molecule has 1 heterocycles. The average molecular weight is 162 g/mol. The van der Waals surface area contributed by atoms with Crippen molar-refractivity contribution in [3.05, 3.63) is 24.3 Å². The minimum absolute atomic E-state index is 0.649. The minimum atomic E-state index is 0.649. The first kappa shape index (κ1) is 7.16. The summed E-state index contributed by atoms with van der Waals surface area (Å²) in [5.41, 5.74) is 2.06. The molecule has 0 bridgehead atoms. The quantitative estimate of drug-likeness (QED) is 0.636. The molecular formula is C9H10N2O. The van der Waals surface area contributed by atoms with Crippen LogP contribution < -0.4 is 4.74 Å². The molecule has 0 N–H and O–H groups in total. The van der Waals surface area contributed by atoms with Crippen molar-refractivity contribution in [2.75, 3.05) is 7.11 Å². The minimum Gasteiger partial charge on any atom is -0.468 e. The van der Waals surface area contributed by atoms with Gasteiger partial charge in [0.25, 0.3) is 6.01 Å². The van der Waals surface area contributed by atoms with E-state index in [0.29, 0.717) is 6.01 Å². The third-order valence-corrected chi connectivity index (χ3v) is 1.93. The summed E-state index contributed by atoms with van der Waals surface area (Å²) < 4.78 is 7.01. The van der Waals surface area contributed by atoms with Crippen molar-refractivity contribution in [1.29, 1.82) is 0 Å². The van der Waals surface area contributed by atoms with Crippen LogP contribution in [-0.2, 0) is 7.05 Å². The molecular weight excluding hydrogens is 152 g/mol. The predicted octanol–water partition coefficient (Wildman–Crippen LogP) is 1.58. The van der Waals surface area contributed by atoms with E-state index in [0.717, 1.165) is 11.0 Å². The maximum Gasteiger partial charge on any atom is 0.296 e. The Kier molecular flexibility index (Phi) is 1.50. The molecule has 0 atom stereocenters. The van der Waals surface area contributed by atoms with Crippen molar-refractivity contribution < 1.29 is 4.74 Å². The molecule has 1 aromatic carbocycles.